The summed E-state index contributed by atoms with van der Waals surface area (Å²) in [4.78, 5) is 9.66. The molecule has 1 saturated carbocycles. The number of amidine groups is 1. The molecule has 176 valence electrons. The molecular formula is C29H39N3O. The van der Waals surface area contributed by atoms with E-state index in [1.54, 1.807) is 16.7 Å². The summed E-state index contributed by atoms with van der Waals surface area (Å²) in [6.07, 6.45) is 11.9. The highest BCUT2D eigenvalue weighted by Crippen LogP contribution is 2.38. The van der Waals surface area contributed by atoms with Crippen LogP contribution in [0.2, 0.25) is 0 Å². The second kappa shape index (κ2) is 9.89. The smallest absolute Gasteiger partial charge is 0.146 e. The average Bonchev–Trinajstić information content (AvgIpc) is 2.82. The zero-order chi connectivity index (χ0) is 22.8. The topological polar surface area (TPSA) is 28.1 Å². The SMILES string of the molecule is CN=C1COC2=C(C(C)CC=C2)N1CCN1CCC(c2ccccc2C(C)=C2CCC2)CC1. The highest BCUT2D eigenvalue weighted by atomic mass is 16.5. The third-order valence-corrected chi connectivity index (χ3v) is 8.21. The fourth-order valence-electron chi connectivity index (χ4n) is 5.96. The first-order valence-electron chi connectivity index (χ1n) is 12.9. The maximum absolute atomic E-state index is 6.00. The minimum absolute atomic E-state index is 0.484. The van der Waals surface area contributed by atoms with Gasteiger partial charge in [0.2, 0.25) is 0 Å². The Balaban J connectivity index is 1.23. The van der Waals surface area contributed by atoms with Crippen LogP contribution in [0.4, 0.5) is 0 Å². The van der Waals surface area contributed by atoms with Crippen molar-refractivity contribution in [3.63, 3.8) is 0 Å². The number of rotatable bonds is 5. The summed E-state index contributed by atoms with van der Waals surface area (Å²) < 4.78 is 6.00. The molecule has 0 aromatic heterocycles. The van der Waals surface area contributed by atoms with Gasteiger partial charge in [-0.15, -0.1) is 0 Å². The van der Waals surface area contributed by atoms with Gasteiger partial charge in [0, 0.05) is 26.1 Å². The fraction of sp³-hybridized carbons (Fsp3) is 0.552. The van der Waals surface area contributed by atoms with E-state index in [9.17, 15) is 0 Å². The highest BCUT2D eigenvalue weighted by Gasteiger charge is 2.31. The molecule has 0 radical (unpaired) electrons. The van der Waals surface area contributed by atoms with Gasteiger partial charge in [-0.1, -0.05) is 42.8 Å². The third-order valence-electron chi connectivity index (χ3n) is 8.21. The van der Waals surface area contributed by atoms with Gasteiger partial charge in [-0.3, -0.25) is 4.99 Å². The minimum atomic E-state index is 0.484. The lowest BCUT2D eigenvalue weighted by Gasteiger charge is -2.40. The van der Waals surface area contributed by atoms with Gasteiger partial charge >= 0.3 is 0 Å². The van der Waals surface area contributed by atoms with Crippen molar-refractivity contribution in [2.24, 2.45) is 10.9 Å². The van der Waals surface area contributed by atoms with Gasteiger partial charge in [0.15, 0.2) is 0 Å². The molecular weight excluding hydrogens is 406 g/mol. The van der Waals surface area contributed by atoms with E-state index < -0.39 is 0 Å². The zero-order valence-corrected chi connectivity index (χ0v) is 20.6. The summed E-state index contributed by atoms with van der Waals surface area (Å²) in [5, 5.41) is 0. The Morgan fingerprint density at radius 2 is 1.91 bits per heavy atom. The van der Waals surface area contributed by atoms with E-state index in [1.165, 1.54) is 56.5 Å². The highest BCUT2D eigenvalue weighted by molar-refractivity contribution is 5.86. The van der Waals surface area contributed by atoms with E-state index in [1.807, 2.05) is 7.05 Å². The molecule has 4 aliphatic rings. The molecule has 1 atom stereocenters. The van der Waals surface area contributed by atoms with Gasteiger partial charge in [0.1, 0.15) is 18.2 Å². The number of piperidine rings is 1. The van der Waals surface area contributed by atoms with Crippen molar-refractivity contribution >= 4 is 11.4 Å². The monoisotopic (exact) mass is 445 g/mol. The maximum Gasteiger partial charge on any atom is 0.146 e. The van der Waals surface area contributed by atoms with Crippen molar-refractivity contribution < 1.29 is 4.74 Å². The Kier molecular flexibility index (Phi) is 6.73. The van der Waals surface area contributed by atoms with Gasteiger partial charge in [-0.05, 0) is 87.2 Å². The van der Waals surface area contributed by atoms with Crippen molar-refractivity contribution in [3.05, 3.63) is 64.6 Å². The molecule has 2 heterocycles. The quantitative estimate of drug-likeness (QED) is 0.557. The maximum atomic E-state index is 6.00. The summed E-state index contributed by atoms with van der Waals surface area (Å²) >= 11 is 0. The molecule has 4 nitrogen and oxygen atoms in total. The van der Waals surface area contributed by atoms with E-state index in [0.29, 0.717) is 18.4 Å². The first-order valence-corrected chi connectivity index (χ1v) is 12.9. The Morgan fingerprint density at radius 3 is 2.64 bits per heavy atom. The van der Waals surface area contributed by atoms with Crippen LogP contribution in [0, 0.1) is 5.92 Å². The summed E-state index contributed by atoms with van der Waals surface area (Å²) in [5.41, 5.74) is 7.66. The van der Waals surface area contributed by atoms with Crippen molar-refractivity contribution in [2.45, 2.75) is 58.3 Å². The Morgan fingerprint density at radius 1 is 1.12 bits per heavy atom. The molecule has 0 amide bonds. The molecule has 0 spiro atoms. The number of hydrogen-bond acceptors (Lipinski definition) is 3. The molecule has 1 unspecified atom stereocenters. The molecule has 2 aliphatic carbocycles. The normalized spacial score (nSPS) is 25.2. The van der Waals surface area contributed by atoms with Gasteiger partial charge in [-0.2, -0.15) is 0 Å². The summed E-state index contributed by atoms with van der Waals surface area (Å²) in [5.74, 6) is 3.28. The van der Waals surface area contributed by atoms with E-state index in [2.05, 4.69) is 65.1 Å². The zero-order valence-electron chi connectivity index (χ0n) is 20.6. The van der Waals surface area contributed by atoms with Crippen LogP contribution in [0.25, 0.3) is 5.57 Å². The van der Waals surface area contributed by atoms with Crippen molar-refractivity contribution in [2.75, 3.05) is 39.8 Å². The number of allylic oxidation sites excluding steroid dienone is 5. The van der Waals surface area contributed by atoms with Crippen molar-refractivity contribution in [1.82, 2.24) is 9.80 Å². The number of nitrogens with zero attached hydrogens (tertiary/aromatic N) is 3. The van der Waals surface area contributed by atoms with Gasteiger partial charge in [0.05, 0.1) is 5.70 Å². The van der Waals surface area contributed by atoms with Crippen LogP contribution in [0.15, 0.2) is 58.4 Å². The molecule has 33 heavy (non-hydrogen) atoms. The van der Waals surface area contributed by atoms with Gasteiger partial charge in [-0.25, -0.2) is 0 Å². The number of hydrogen-bond donors (Lipinski definition) is 0. The lowest BCUT2D eigenvalue weighted by Crippen LogP contribution is -2.46. The predicted octanol–water partition coefficient (Wildman–Crippen LogP) is 5.99. The fourth-order valence-corrected chi connectivity index (χ4v) is 5.96. The minimum Gasteiger partial charge on any atom is -0.484 e. The number of ether oxygens (including phenoxy) is 1. The van der Waals surface area contributed by atoms with Crippen LogP contribution in [-0.4, -0.2) is 55.5 Å². The summed E-state index contributed by atoms with van der Waals surface area (Å²) in [7, 11) is 1.89. The van der Waals surface area contributed by atoms with Crippen LogP contribution in [0.3, 0.4) is 0 Å². The van der Waals surface area contributed by atoms with Crippen LogP contribution < -0.4 is 0 Å². The van der Waals surface area contributed by atoms with Crippen LogP contribution in [0.5, 0.6) is 0 Å². The average molecular weight is 446 g/mol. The van der Waals surface area contributed by atoms with E-state index in [-0.39, 0.29) is 0 Å². The Labute approximate surface area is 199 Å². The van der Waals surface area contributed by atoms with Crippen LogP contribution >= 0.6 is 0 Å². The molecule has 1 saturated heterocycles. The van der Waals surface area contributed by atoms with E-state index >= 15 is 0 Å². The summed E-state index contributed by atoms with van der Waals surface area (Å²) in [6.45, 7) is 9.68. The van der Waals surface area contributed by atoms with Crippen LogP contribution in [0.1, 0.15) is 69.4 Å². The standard InChI is InChI=1S/C29H39N3O/c1-21-8-6-13-27-29(21)32(28(30-3)20-33-27)19-18-31-16-14-24(15-17-31)26-12-5-4-11-25(26)22(2)23-9-7-10-23/h4-6,11-13,21,24H,7-10,14-20H2,1-3H3. The molecule has 0 N–H and O–H groups in total. The largest absolute Gasteiger partial charge is 0.484 e. The summed E-state index contributed by atoms with van der Waals surface area (Å²) in [6, 6.07) is 9.20. The van der Waals surface area contributed by atoms with Crippen LogP contribution in [-0.2, 0) is 4.74 Å². The Hall–Kier alpha value is -2.33. The van der Waals surface area contributed by atoms with Crippen molar-refractivity contribution in [3.8, 4) is 0 Å². The van der Waals surface area contributed by atoms with Gasteiger partial charge in [0.25, 0.3) is 0 Å². The molecule has 1 aromatic carbocycles. The third kappa shape index (κ3) is 4.55. The molecule has 5 rings (SSSR count). The molecule has 0 bridgehead atoms. The number of aliphatic imine (C=N–C) groups is 1. The molecule has 2 fully saturated rings. The predicted molar refractivity (Wildman–Crippen MR) is 137 cm³/mol. The van der Waals surface area contributed by atoms with E-state index in [0.717, 1.165) is 31.1 Å². The number of benzene rings is 1. The molecule has 4 heteroatoms. The first-order chi connectivity index (χ1) is 16.2. The van der Waals surface area contributed by atoms with Gasteiger partial charge < -0.3 is 14.5 Å². The number of likely N-dealkylation sites (tertiary alicyclic amines) is 1. The first kappa shape index (κ1) is 22.5. The second-order valence-electron chi connectivity index (χ2n) is 10.2. The van der Waals surface area contributed by atoms with Crippen molar-refractivity contribution in [1.29, 1.82) is 0 Å². The molecule has 1 aromatic rings. The lowest BCUT2D eigenvalue weighted by molar-refractivity contribution is 0.177. The second-order valence-corrected chi connectivity index (χ2v) is 10.2. The van der Waals surface area contributed by atoms with E-state index in [4.69, 9.17) is 4.74 Å². The molecule has 2 aliphatic heterocycles. The Bertz CT molecular complexity index is 988. The lowest BCUT2D eigenvalue weighted by atomic mass is 9.80.